The van der Waals surface area contributed by atoms with Crippen molar-refractivity contribution in [2.75, 3.05) is 14.1 Å². The summed E-state index contributed by atoms with van der Waals surface area (Å²) in [5.41, 5.74) is -0.106. The van der Waals surface area contributed by atoms with Crippen LogP contribution in [0.25, 0.3) is 0 Å². The van der Waals surface area contributed by atoms with Crippen LogP contribution in [0.15, 0.2) is 18.2 Å². The van der Waals surface area contributed by atoms with E-state index in [2.05, 4.69) is 0 Å². The molecule has 1 aromatic rings. The average Bonchev–Trinajstić information content (AvgIpc) is 2.18. The minimum absolute atomic E-state index is 0.0207. The van der Waals surface area contributed by atoms with Gasteiger partial charge in [0.2, 0.25) is 0 Å². The molecule has 1 aromatic carbocycles. The summed E-state index contributed by atoms with van der Waals surface area (Å²) in [6.07, 6.45) is 0. The van der Waals surface area contributed by atoms with Crippen LogP contribution in [0.1, 0.15) is 31.1 Å². The molecular formula is C13H19NO3. The third-order valence-corrected chi connectivity index (χ3v) is 2.04. The van der Waals surface area contributed by atoms with Crippen molar-refractivity contribution in [1.82, 2.24) is 4.90 Å². The Labute approximate surface area is 102 Å². The van der Waals surface area contributed by atoms with E-state index < -0.39 is 5.60 Å². The van der Waals surface area contributed by atoms with Gasteiger partial charge in [-0.2, -0.15) is 0 Å². The maximum absolute atomic E-state index is 11.9. The van der Waals surface area contributed by atoms with E-state index in [0.717, 1.165) is 0 Å². The molecule has 0 atom stereocenters. The quantitative estimate of drug-likeness (QED) is 0.858. The van der Waals surface area contributed by atoms with Gasteiger partial charge >= 0.3 is 0 Å². The maximum Gasteiger partial charge on any atom is 0.257 e. The molecule has 0 fully saturated rings. The van der Waals surface area contributed by atoms with Gasteiger partial charge in [-0.25, -0.2) is 0 Å². The van der Waals surface area contributed by atoms with Gasteiger partial charge in [-0.1, -0.05) is 6.07 Å². The number of carbonyl (C=O) groups excluding carboxylic acids is 1. The number of benzene rings is 1. The monoisotopic (exact) mass is 237 g/mol. The molecule has 0 aliphatic heterocycles. The lowest BCUT2D eigenvalue weighted by atomic mass is 10.1. The summed E-state index contributed by atoms with van der Waals surface area (Å²) in [6, 6.07) is 4.78. The lowest BCUT2D eigenvalue weighted by Crippen LogP contribution is -2.27. The second-order valence-electron chi connectivity index (χ2n) is 5.07. The van der Waals surface area contributed by atoms with Crippen LogP contribution in [0.4, 0.5) is 0 Å². The molecule has 4 nitrogen and oxygen atoms in total. The van der Waals surface area contributed by atoms with E-state index in [4.69, 9.17) is 4.74 Å². The molecular weight excluding hydrogens is 218 g/mol. The van der Waals surface area contributed by atoms with Gasteiger partial charge in [0, 0.05) is 14.1 Å². The first kappa shape index (κ1) is 13.4. The van der Waals surface area contributed by atoms with Crippen LogP contribution < -0.4 is 4.74 Å². The number of phenols is 1. The number of amides is 1. The maximum atomic E-state index is 11.9. The standard InChI is InChI=1S/C13H19NO3/c1-13(2,3)17-11-9(12(16)14(4)5)7-6-8-10(11)15/h6-8,15H,1-5H3. The van der Waals surface area contributed by atoms with Crippen molar-refractivity contribution < 1.29 is 14.6 Å². The van der Waals surface area contributed by atoms with Crippen LogP contribution in [0, 0.1) is 0 Å². The summed E-state index contributed by atoms with van der Waals surface area (Å²) in [4.78, 5) is 13.4. The zero-order valence-corrected chi connectivity index (χ0v) is 10.9. The third kappa shape index (κ3) is 3.37. The minimum Gasteiger partial charge on any atom is -0.504 e. The van der Waals surface area contributed by atoms with Crippen LogP contribution in [0.5, 0.6) is 11.5 Å². The van der Waals surface area contributed by atoms with Crippen molar-refractivity contribution in [1.29, 1.82) is 0 Å². The van der Waals surface area contributed by atoms with Crippen molar-refractivity contribution in [3.8, 4) is 11.5 Å². The molecule has 1 amide bonds. The van der Waals surface area contributed by atoms with Gasteiger partial charge in [0.1, 0.15) is 5.60 Å². The number of nitrogens with zero attached hydrogens (tertiary/aromatic N) is 1. The molecule has 0 aliphatic rings. The molecule has 0 saturated heterocycles. The van der Waals surface area contributed by atoms with E-state index in [1.807, 2.05) is 20.8 Å². The number of hydrogen-bond donors (Lipinski definition) is 1. The summed E-state index contributed by atoms with van der Waals surface area (Å²) in [5, 5.41) is 9.79. The number of carbonyl (C=O) groups is 1. The van der Waals surface area contributed by atoms with Gasteiger partial charge in [0.15, 0.2) is 11.5 Å². The van der Waals surface area contributed by atoms with Crippen molar-refractivity contribution in [2.24, 2.45) is 0 Å². The molecule has 17 heavy (non-hydrogen) atoms. The largest absolute Gasteiger partial charge is 0.504 e. The van der Waals surface area contributed by atoms with Crippen molar-refractivity contribution >= 4 is 5.91 Å². The summed E-state index contributed by atoms with van der Waals surface area (Å²) in [7, 11) is 3.32. The molecule has 0 spiro atoms. The number of phenolic OH excluding ortho intramolecular Hbond substituents is 1. The zero-order chi connectivity index (χ0) is 13.2. The summed E-state index contributed by atoms with van der Waals surface area (Å²) < 4.78 is 5.64. The van der Waals surface area contributed by atoms with Gasteiger partial charge in [0.25, 0.3) is 5.91 Å². The molecule has 0 bridgehead atoms. The smallest absolute Gasteiger partial charge is 0.257 e. The van der Waals surface area contributed by atoms with Gasteiger partial charge in [-0.3, -0.25) is 4.79 Å². The molecule has 1 N–H and O–H groups in total. The van der Waals surface area contributed by atoms with Crippen LogP contribution >= 0.6 is 0 Å². The van der Waals surface area contributed by atoms with E-state index in [1.165, 1.54) is 11.0 Å². The van der Waals surface area contributed by atoms with Crippen LogP contribution in [0.3, 0.4) is 0 Å². The molecule has 1 rings (SSSR count). The highest BCUT2D eigenvalue weighted by molar-refractivity contribution is 5.97. The lowest BCUT2D eigenvalue weighted by Gasteiger charge is -2.24. The fourth-order valence-electron chi connectivity index (χ4n) is 1.35. The third-order valence-electron chi connectivity index (χ3n) is 2.04. The van der Waals surface area contributed by atoms with Gasteiger partial charge in [-0.15, -0.1) is 0 Å². The van der Waals surface area contributed by atoms with Crippen molar-refractivity contribution in [3.05, 3.63) is 23.8 Å². The topological polar surface area (TPSA) is 49.8 Å². The number of ether oxygens (including phenoxy) is 1. The van der Waals surface area contributed by atoms with Crippen molar-refractivity contribution in [2.45, 2.75) is 26.4 Å². The number of aromatic hydroxyl groups is 1. The van der Waals surface area contributed by atoms with E-state index in [9.17, 15) is 9.90 Å². The molecule has 0 radical (unpaired) electrons. The SMILES string of the molecule is CN(C)C(=O)c1cccc(O)c1OC(C)(C)C. The Kier molecular flexibility index (Phi) is 3.66. The Morgan fingerprint density at radius 2 is 1.88 bits per heavy atom. The molecule has 0 aliphatic carbocycles. The molecule has 4 heteroatoms. The van der Waals surface area contributed by atoms with Crippen LogP contribution in [-0.4, -0.2) is 35.6 Å². The predicted octanol–water partition coefficient (Wildman–Crippen LogP) is 2.27. The number of para-hydroxylation sites is 1. The Morgan fingerprint density at radius 3 is 2.35 bits per heavy atom. The average molecular weight is 237 g/mol. The summed E-state index contributed by atoms with van der Waals surface area (Å²) in [5.74, 6) is 0.0199. The lowest BCUT2D eigenvalue weighted by molar-refractivity contribution is 0.0806. The first-order valence-electron chi connectivity index (χ1n) is 5.45. The van der Waals surface area contributed by atoms with E-state index in [0.29, 0.717) is 5.56 Å². The van der Waals surface area contributed by atoms with E-state index >= 15 is 0 Å². The van der Waals surface area contributed by atoms with E-state index in [-0.39, 0.29) is 17.4 Å². The Morgan fingerprint density at radius 1 is 1.29 bits per heavy atom. The number of rotatable bonds is 2. The zero-order valence-electron chi connectivity index (χ0n) is 10.9. The highest BCUT2D eigenvalue weighted by Gasteiger charge is 2.22. The highest BCUT2D eigenvalue weighted by Crippen LogP contribution is 2.33. The minimum atomic E-state index is -0.472. The predicted molar refractivity (Wildman–Crippen MR) is 66.5 cm³/mol. The highest BCUT2D eigenvalue weighted by atomic mass is 16.5. The van der Waals surface area contributed by atoms with Gasteiger partial charge < -0.3 is 14.7 Å². The normalized spacial score (nSPS) is 11.1. The fraction of sp³-hybridized carbons (Fsp3) is 0.462. The first-order valence-corrected chi connectivity index (χ1v) is 5.45. The van der Waals surface area contributed by atoms with Gasteiger partial charge in [0.05, 0.1) is 5.56 Å². The van der Waals surface area contributed by atoms with Crippen LogP contribution in [0.2, 0.25) is 0 Å². The first-order chi connectivity index (χ1) is 7.72. The Bertz CT molecular complexity index is 419. The van der Waals surface area contributed by atoms with Gasteiger partial charge in [-0.05, 0) is 32.9 Å². The molecule has 0 aromatic heterocycles. The van der Waals surface area contributed by atoms with Crippen LogP contribution in [-0.2, 0) is 0 Å². The second kappa shape index (κ2) is 4.65. The molecule has 0 saturated carbocycles. The molecule has 0 unspecified atom stereocenters. The fourth-order valence-corrected chi connectivity index (χ4v) is 1.35. The van der Waals surface area contributed by atoms with E-state index in [1.54, 1.807) is 26.2 Å². The molecule has 94 valence electrons. The second-order valence-corrected chi connectivity index (χ2v) is 5.07. The Hall–Kier alpha value is -1.71. The summed E-state index contributed by atoms with van der Waals surface area (Å²) in [6.45, 7) is 5.59. The van der Waals surface area contributed by atoms with Crippen molar-refractivity contribution in [3.63, 3.8) is 0 Å². The number of hydrogen-bond acceptors (Lipinski definition) is 3. The Balaban J connectivity index is 3.22. The summed E-state index contributed by atoms with van der Waals surface area (Å²) >= 11 is 0. The molecule has 0 heterocycles.